The number of rotatable bonds is 4. The Morgan fingerprint density at radius 2 is 2.22 bits per heavy atom. The lowest BCUT2D eigenvalue weighted by molar-refractivity contribution is 0.0600. The van der Waals surface area contributed by atoms with Crippen LogP contribution in [0.5, 0.6) is 0 Å². The molecule has 0 spiro atoms. The SMILES string of the molecule is COC(=O)c1ccc(CNc2nc(C)c(C#N)cc2Cl)c(Br)c1. The summed E-state index contributed by atoms with van der Waals surface area (Å²) in [6.07, 6.45) is 0. The summed E-state index contributed by atoms with van der Waals surface area (Å²) in [5.41, 5.74) is 2.45. The van der Waals surface area contributed by atoms with Crippen molar-refractivity contribution >= 4 is 39.3 Å². The van der Waals surface area contributed by atoms with Gasteiger partial charge in [0.1, 0.15) is 11.9 Å². The topological polar surface area (TPSA) is 75.0 Å². The van der Waals surface area contributed by atoms with E-state index < -0.39 is 5.97 Å². The molecule has 0 atom stereocenters. The number of anilines is 1. The maximum absolute atomic E-state index is 11.5. The summed E-state index contributed by atoms with van der Waals surface area (Å²) in [4.78, 5) is 15.8. The number of carbonyl (C=O) groups excluding carboxylic acids is 1. The molecule has 0 bridgehead atoms. The largest absolute Gasteiger partial charge is 0.465 e. The molecule has 23 heavy (non-hydrogen) atoms. The molecular weight excluding hydrogens is 382 g/mol. The Labute approximate surface area is 147 Å². The van der Waals surface area contributed by atoms with E-state index in [-0.39, 0.29) is 0 Å². The number of esters is 1. The van der Waals surface area contributed by atoms with Crippen molar-refractivity contribution in [1.29, 1.82) is 5.26 Å². The van der Waals surface area contributed by atoms with Gasteiger partial charge in [-0.2, -0.15) is 5.26 Å². The van der Waals surface area contributed by atoms with Gasteiger partial charge in [0, 0.05) is 11.0 Å². The zero-order valence-electron chi connectivity index (χ0n) is 12.5. The van der Waals surface area contributed by atoms with E-state index in [1.54, 1.807) is 25.1 Å². The van der Waals surface area contributed by atoms with Gasteiger partial charge >= 0.3 is 5.97 Å². The van der Waals surface area contributed by atoms with E-state index in [1.165, 1.54) is 7.11 Å². The third-order valence-corrected chi connectivity index (χ3v) is 4.23. The molecule has 0 radical (unpaired) electrons. The Morgan fingerprint density at radius 3 is 2.83 bits per heavy atom. The number of nitriles is 1. The van der Waals surface area contributed by atoms with Crippen LogP contribution in [-0.2, 0) is 11.3 Å². The van der Waals surface area contributed by atoms with Gasteiger partial charge in [-0.25, -0.2) is 9.78 Å². The monoisotopic (exact) mass is 393 g/mol. The molecule has 1 heterocycles. The summed E-state index contributed by atoms with van der Waals surface area (Å²) in [6.45, 7) is 2.21. The highest BCUT2D eigenvalue weighted by Gasteiger charge is 2.10. The van der Waals surface area contributed by atoms with Crippen LogP contribution in [0.1, 0.15) is 27.2 Å². The number of halogens is 2. The number of hydrogen-bond donors (Lipinski definition) is 1. The van der Waals surface area contributed by atoms with E-state index in [0.717, 1.165) is 10.0 Å². The lowest BCUT2D eigenvalue weighted by Gasteiger charge is -2.11. The van der Waals surface area contributed by atoms with Crippen molar-refractivity contribution in [3.8, 4) is 6.07 Å². The van der Waals surface area contributed by atoms with Crippen molar-refractivity contribution in [1.82, 2.24) is 4.98 Å². The molecule has 1 N–H and O–H groups in total. The van der Waals surface area contributed by atoms with E-state index in [1.807, 2.05) is 12.1 Å². The lowest BCUT2D eigenvalue weighted by Crippen LogP contribution is -2.06. The minimum atomic E-state index is -0.391. The second-order valence-electron chi connectivity index (χ2n) is 4.71. The van der Waals surface area contributed by atoms with Crippen LogP contribution >= 0.6 is 27.5 Å². The van der Waals surface area contributed by atoms with Gasteiger partial charge < -0.3 is 10.1 Å². The highest BCUT2D eigenvalue weighted by Crippen LogP contribution is 2.25. The molecule has 0 fully saturated rings. The summed E-state index contributed by atoms with van der Waals surface area (Å²) in [6, 6.07) is 8.82. The van der Waals surface area contributed by atoms with Crippen LogP contribution in [0.15, 0.2) is 28.7 Å². The molecule has 0 aliphatic rings. The van der Waals surface area contributed by atoms with Gasteiger partial charge in [-0.05, 0) is 30.7 Å². The van der Waals surface area contributed by atoms with E-state index >= 15 is 0 Å². The first-order chi connectivity index (χ1) is 11.0. The molecule has 118 valence electrons. The van der Waals surface area contributed by atoms with Crippen LogP contribution in [0.25, 0.3) is 0 Å². The predicted octanol–water partition coefficient (Wildman–Crippen LogP) is 4.08. The van der Waals surface area contributed by atoms with Gasteiger partial charge in [-0.3, -0.25) is 0 Å². The summed E-state index contributed by atoms with van der Waals surface area (Å²) >= 11 is 9.55. The van der Waals surface area contributed by atoms with Gasteiger partial charge in [0.2, 0.25) is 0 Å². The zero-order valence-corrected chi connectivity index (χ0v) is 14.8. The van der Waals surface area contributed by atoms with Crippen molar-refractivity contribution in [3.05, 3.63) is 56.1 Å². The van der Waals surface area contributed by atoms with Crippen LogP contribution in [0.4, 0.5) is 5.82 Å². The zero-order chi connectivity index (χ0) is 17.0. The number of carbonyl (C=O) groups is 1. The molecular formula is C16H13BrClN3O2. The Morgan fingerprint density at radius 1 is 1.48 bits per heavy atom. The molecule has 2 rings (SSSR count). The van der Waals surface area contributed by atoms with Crippen molar-refractivity contribution < 1.29 is 9.53 Å². The van der Waals surface area contributed by atoms with Crippen LogP contribution in [0.3, 0.4) is 0 Å². The number of aromatic nitrogens is 1. The lowest BCUT2D eigenvalue weighted by atomic mass is 10.1. The van der Waals surface area contributed by atoms with Crippen molar-refractivity contribution in [3.63, 3.8) is 0 Å². The first-order valence-electron chi connectivity index (χ1n) is 6.64. The van der Waals surface area contributed by atoms with E-state index in [4.69, 9.17) is 16.9 Å². The molecule has 1 aromatic carbocycles. The van der Waals surface area contributed by atoms with Gasteiger partial charge in [-0.1, -0.05) is 33.6 Å². The van der Waals surface area contributed by atoms with E-state index in [0.29, 0.717) is 34.2 Å². The molecule has 0 saturated heterocycles. The first-order valence-corrected chi connectivity index (χ1v) is 7.81. The van der Waals surface area contributed by atoms with E-state index in [2.05, 4.69) is 31.0 Å². The minimum Gasteiger partial charge on any atom is -0.465 e. The molecule has 0 amide bonds. The summed E-state index contributed by atoms with van der Waals surface area (Å²) < 4.78 is 5.45. The Bertz CT molecular complexity index is 803. The molecule has 2 aromatic rings. The average Bonchev–Trinajstić information content (AvgIpc) is 2.55. The van der Waals surface area contributed by atoms with Gasteiger partial charge in [0.05, 0.1) is 29.0 Å². The Hall–Kier alpha value is -2.10. The second-order valence-corrected chi connectivity index (χ2v) is 5.98. The fourth-order valence-corrected chi connectivity index (χ4v) is 2.67. The average molecular weight is 395 g/mol. The van der Waals surface area contributed by atoms with E-state index in [9.17, 15) is 4.79 Å². The molecule has 0 aliphatic heterocycles. The quantitative estimate of drug-likeness (QED) is 0.791. The predicted molar refractivity (Wildman–Crippen MR) is 91.5 cm³/mol. The number of methoxy groups -OCH3 is 1. The number of ether oxygens (including phenoxy) is 1. The minimum absolute atomic E-state index is 0.384. The third kappa shape index (κ3) is 4.01. The third-order valence-electron chi connectivity index (χ3n) is 3.21. The highest BCUT2D eigenvalue weighted by molar-refractivity contribution is 9.10. The van der Waals surface area contributed by atoms with Crippen LogP contribution in [0.2, 0.25) is 5.02 Å². The summed E-state index contributed by atoms with van der Waals surface area (Å²) in [5.74, 6) is 0.116. The standard InChI is InChI=1S/C16H13BrClN3O2/c1-9-12(7-19)6-14(18)15(21-9)20-8-11-4-3-10(5-13(11)17)16(22)23-2/h3-6H,8H2,1-2H3,(H,20,21). The number of nitrogens with zero attached hydrogens (tertiary/aromatic N) is 2. The number of benzene rings is 1. The van der Waals surface area contributed by atoms with Crippen LogP contribution in [0, 0.1) is 18.3 Å². The fourth-order valence-electron chi connectivity index (χ4n) is 1.93. The maximum Gasteiger partial charge on any atom is 0.337 e. The highest BCUT2D eigenvalue weighted by atomic mass is 79.9. The molecule has 0 aliphatic carbocycles. The first kappa shape index (κ1) is 17.3. The second kappa shape index (κ2) is 7.44. The molecule has 5 nitrogen and oxygen atoms in total. The summed E-state index contributed by atoms with van der Waals surface area (Å²) in [5, 5.41) is 12.5. The molecule has 1 aromatic heterocycles. The van der Waals surface area contributed by atoms with Crippen molar-refractivity contribution in [2.45, 2.75) is 13.5 Å². The number of hydrogen-bond acceptors (Lipinski definition) is 5. The molecule has 7 heteroatoms. The van der Waals surface area contributed by atoms with Gasteiger partial charge in [0.15, 0.2) is 0 Å². The van der Waals surface area contributed by atoms with Gasteiger partial charge in [0.25, 0.3) is 0 Å². The van der Waals surface area contributed by atoms with Crippen molar-refractivity contribution in [2.75, 3.05) is 12.4 Å². The maximum atomic E-state index is 11.5. The fraction of sp³-hybridized carbons (Fsp3) is 0.188. The molecule has 0 unspecified atom stereocenters. The number of aryl methyl sites for hydroxylation is 1. The summed E-state index contributed by atoms with van der Waals surface area (Å²) in [7, 11) is 1.34. The normalized spacial score (nSPS) is 10.0. The van der Waals surface area contributed by atoms with Crippen LogP contribution < -0.4 is 5.32 Å². The number of pyridine rings is 1. The number of nitrogens with one attached hydrogen (secondary N) is 1. The van der Waals surface area contributed by atoms with Crippen LogP contribution in [-0.4, -0.2) is 18.1 Å². The van der Waals surface area contributed by atoms with Gasteiger partial charge in [-0.15, -0.1) is 0 Å². The van der Waals surface area contributed by atoms with Crippen molar-refractivity contribution in [2.24, 2.45) is 0 Å². The Kier molecular flexibility index (Phi) is 5.59. The smallest absolute Gasteiger partial charge is 0.337 e. The molecule has 0 saturated carbocycles. The Balaban J connectivity index is 2.17.